The minimum Gasteiger partial charge on any atom is -0.399 e. The van der Waals surface area contributed by atoms with Crippen molar-refractivity contribution in [3.05, 3.63) is 29.3 Å². The molecule has 0 spiro atoms. The van der Waals surface area contributed by atoms with E-state index in [2.05, 4.69) is 6.92 Å². The second kappa shape index (κ2) is 5.64. The highest BCUT2D eigenvalue weighted by molar-refractivity contribution is 6.62. The van der Waals surface area contributed by atoms with Gasteiger partial charge in [-0.2, -0.15) is 0 Å². The first kappa shape index (κ1) is 16.5. The van der Waals surface area contributed by atoms with Crippen molar-refractivity contribution in [1.82, 2.24) is 4.90 Å². The van der Waals surface area contributed by atoms with Gasteiger partial charge in [-0.25, -0.2) is 0 Å². The van der Waals surface area contributed by atoms with Crippen LogP contribution in [-0.4, -0.2) is 35.7 Å². The lowest BCUT2D eigenvalue weighted by molar-refractivity contribution is 0.00578. The molecule has 0 aliphatic carbocycles. The molecular weight excluding hydrogens is 289 g/mol. The maximum absolute atomic E-state index is 12.6. The van der Waals surface area contributed by atoms with Gasteiger partial charge in [-0.15, -0.1) is 0 Å². The molecule has 2 aliphatic rings. The molecule has 0 atom stereocenters. The van der Waals surface area contributed by atoms with E-state index in [9.17, 15) is 4.79 Å². The van der Waals surface area contributed by atoms with Crippen molar-refractivity contribution < 1.29 is 14.1 Å². The highest BCUT2D eigenvalue weighted by Crippen LogP contribution is 2.36. The summed E-state index contributed by atoms with van der Waals surface area (Å²) in [5.74, 6) is 0.131. The van der Waals surface area contributed by atoms with E-state index in [0.717, 1.165) is 42.5 Å². The van der Waals surface area contributed by atoms with Crippen LogP contribution in [-0.2, 0) is 15.9 Å². The summed E-state index contributed by atoms with van der Waals surface area (Å²) >= 11 is 0. The quantitative estimate of drug-likeness (QED) is 0.802. The SMILES string of the molecule is CCCCN1Cc2ccc(B3OC(C)(C)C(C)(C)O3)cc2C1=O. The van der Waals surface area contributed by atoms with E-state index in [1.807, 2.05) is 50.8 Å². The molecule has 0 N–H and O–H groups in total. The number of rotatable bonds is 4. The number of amides is 1. The molecular formula is C18H26BNO3. The van der Waals surface area contributed by atoms with E-state index in [-0.39, 0.29) is 17.1 Å². The minimum atomic E-state index is -0.414. The second-order valence-electron chi connectivity index (χ2n) is 7.59. The van der Waals surface area contributed by atoms with Gasteiger partial charge in [0.25, 0.3) is 5.91 Å². The minimum absolute atomic E-state index is 0.131. The van der Waals surface area contributed by atoms with E-state index in [1.165, 1.54) is 0 Å². The maximum Gasteiger partial charge on any atom is 0.494 e. The van der Waals surface area contributed by atoms with Gasteiger partial charge in [0, 0.05) is 18.7 Å². The molecule has 0 radical (unpaired) electrons. The van der Waals surface area contributed by atoms with Gasteiger partial charge in [-0.3, -0.25) is 4.79 Å². The van der Waals surface area contributed by atoms with Crippen LogP contribution in [0.3, 0.4) is 0 Å². The Morgan fingerprint density at radius 1 is 1.17 bits per heavy atom. The van der Waals surface area contributed by atoms with Crippen LogP contribution in [0.1, 0.15) is 63.4 Å². The topological polar surface area (TPSA) is 38.8 Å². The van der Waals surface area contributed by atoms with Crippen LogP contribution < -0.4 is 5.46 Å². The third kappa shape index (κ3) is 2.81. The van der Waals surface area contributed by atoms with Crippen molar-refractivity contribution >= 4 is 18.5 Å². The standard InChI is InChI=1S/C18H26BNO3/c1-6-7-10-20-12-13-8-9-14(11-15(13)16(20)21)19-22-17(2,3)18(4,5)23-19/h8-9,11H,6-7,10,12H2,1-5H3. The van der Waals surface area contributed by atoms with Gasteiger partial charge in [0.15, 0.2) is 0 Å². The Hall–Kier alpha value is -1.33. The monoisotopic (exact) mass is 315 g/mol. The summed E-state index contributed by atoms with van der Waals surface area (Å²) in [4.78, 5) is 14.5. The molecule has 1 aromatic rings. The molecule has 23 heavy (non-hydrogen) atoms. The number of nitrogens with zero attached hydrogens (tertiary/aromatic N) is 1. The van der Waals surface area contributed by atoms with Gasteiger partial charge in [0.1, 0.15) is 0 Å². The van der Waals surface area contributed by atoms with Crippen LogP contribution in [0.4, 0.5) is 0 Å². The third-order valence-electron chi connectivity index (χ3n) is 5.32. The Balaban J connectivity index is 1.82. The van der Waals surface area contributed by atoms with Crippen molar-refractivity contribution in [2.45, 2.75) is 65.2 Å². The first-order chi connectivity index (χ1) is 10.7. The number of hydrogen-bond acceptors (Lipinski definition) is 3. The van der Waals surface area contributed by atoms with Gasteiger partial charge < -0.3 is 14.2 Å². The van der Waals surface area contributed by atoms with Gasteiger partial charge in [-0.05, 0) is 51.2 Å². The fraction of sp³-hybridized carbons (Fsp3) is 0.611. The zero-order valence-electron chi connectivity index (χ0n) is 14.8. The molecule has 1 amide bonds. The van der Waals surface area contributed by atoms with E-state index in [4.69, 9.17) is 9.31 Å². The molecule has 0 unspecified atom stereocenters. The molecule has 0 saturated carbocycles. The lowest BCUT2D eigenvalue weighted by Crippen LogP contribution is -2.41. The molecule has 3 rings (SSSR count). The first-order valence-electron chi connectivity index (χ1n) is 8.53. The van der Waals surface area contributed by atoms with Crippen molar-refractivity contribution in [1.29, 1.82) is 0 Å². The molecule has 124 valence electrons. The van der Waals surface area contributed by atoms with Crippen LogP contribution in [0.5, 0.6) is 0 Å². The Morgan fingerprint density at radius 2 is 1.83 bits per heavy atom. The third-order valence-corrected chi connectivity index (χ3v) is 5.32. The molecule has 4 nitrogen and oxygen atoms in total. The number of benzene rings is 1. The summed E-state index contributed by atoms with van der Waals surface area (Å²) in [6, 6.07) is 6.02. The smallest absolute Gasteiger partial charge is 0.399 e. The van der Waals surface area contributed by atoms with Crippen LogP contribution in [0, 0.1) is 0 Å². The Labute approximate surface area is 139 Å². The molecule has 1 aromatic carbocycles. The van der Waals surface area contributed by atoms with Gasteiger partial charge in [0.05, 0.1) is 11.2 Å². The largest absolute Gasteiger partial charge is 0.494 e. The average molecular weight is 315 g/mol. The summed E-state index contributed by atoms with van der Waals surface area (Å²) in [5, 5.41) is 0. The number of hydrogen-bond donors (Lipinski definition) is 0. The Bertz CT molecular complexity index is 611. The summed E-state index contributed by atoms with van der Waals surface area (Å²) in [6.07, 6.45) is 2.14. The van der Waals surface area contributed by atoms with Gasteiger partial charge in [-0.1, -0.05) is 25.5 Å². The molecule has 1 saturated heterocycles. The van der Waals surface area contributed by atoms with E-state index >= 15 is 0 Å². The van der Waals surface area contributed by atoms with Crippen LogP contribution >= 0.6 is 0 Å². The summed E-state index contributed by atoms with van der Waals surface area (Å²) in [5.41, 5.74) is 2.09. The fourth-order valence-corrected chi connectivity index (χ4v) is 3.03. The summed E-state index contributed by atoms with van der Waals surface area (Å²) in [6.45, 7) is 11.9. The number of fused-ring (bicyclic) bond motifs is 1. The van der Waals surface area contributed by atoms with Gasteiger partial charge >= 0.3 is 7.12 Å². The molecule has 0 bridgehead atoms. The molecule has 0 aromatic heterocycles. The number of unbranched alkanes of at least 4 members (excludes halogenated alkanes) is 1. The lowest BCUT2D eigenvalue weighted by Gasteiger charge is -2.32. The normalized spacial score (nSPS) is 21.9. The van der Waals surface area contributed by atoms with E-state index in [0.29, 0.717) is 0 Å². The lowest BCUT2D eigenvalue weighted by atomic mass is 9.78. The van der Waals surface area contributed by atoms with Crippen LogP contribution in [0.2, 0.25) is 0 Å². The summed E-state index contributed by atoms with van der Waals surface area (Å²) in [7, 11) is -0.414. The Morgan fingerprint density at radius 3 is 2.43 bits per heavy atom. The predicted molar refractivity (Wildman–Crippen MR) is 91.8 cm³/mol. The summed E-state index contributed by atoms with van der Waals surface area (Å²) < 4.78 is 12.2. The molecule has 2 aliphatic heterocycles. The van der Waals surface area contributed by atoms with Crippen LogP contribution in [0.25, 0.3) is 0 Å². The van der Waals surface area contributed by atoms with Crippen molar-refractivity contribution in [3.63, 3.8) is 0 Å². The van der Waals surface area contributed by atoms with Crippen LogP contribution in [0.15, 0.2) is 18.2 Å². The molecule has 2 heterocycles. The van der Waals surface area contributed by atoms with Gasteiger partial charge in [0.2, 0.25) is 0 Å². The second-order valence-corrected chi connectivity index (χ2v) is 7.59. The Kier molecular flexibility index (Phi) is 4.05. The number of carbonyl (C=O) groups excluding carboxylic acids is 1. The van der Waals surface area contributed by atoms with Crippen molar-refractivity contribution in [2.24, 2.45) is 0 Å². The first-order valence-corrected chi connectivity index (χ1v) is 8.53. The van der Waals surface area contributed by atoms with E-state index < -0.39 is 7.12 Å². The predicted octanol–water partition coefficient (Wildman–Crippen LogP) is 2.74. The maximum atomic E-state index is 12.6. The average Bonchev–Trinajstić information content (AvgIpc) is 2.90. The molecule has 5 heteroatoms. The fourth-order valence-electron chi connectivity index (χ4n) is 3.03. The zero-order chi connectivity index (χ0) is 16.8. The van der Waals surface area contributed by atoms with Crippen molar-refractivity contribution in [2.75, 3.05) is 6.54 Å². The van der Waals surface area contributed by atoms with E-state index in [1.54, 1.807) is 0 Å². The zero-order valence-corrected chi connectivity index (χ0v) is 14.8. The highest BCUT2D eigenvalue weighted by Gasteiger charge is 2.51. The number of carbonyl (C=O) groups is 1. The molecule has 1 fully saturated rings. The highest BCUT2D eigenvalue weighted by atomic mass is 16.7. The van der Waals surface area contributed by atoms with Crippen molar-refractivity contribution in [3.8, 4) is 0 Å².